The largest absolute Gasteiger partial charge is 0.396 e. The van der Waals surface area contributed by atoms with Crippen molar-refractivity contribution in [3.63, 3.8) is 0 Å². The van der Waals surface area contributed by atoms with Crippen molar-refractivity contribution in [2.75, 3.05) is 6.61 Å². The van der Waals surface area contributed by atoms with Crippen LogP contribution in [0.25, 0.3) is 0 Å². The maximum atomic E-state index is 11.7. The first-order chi connectivity index (χ1) is 7.41. The molecule has 16 heavy (non-hydrogen) atoms. The maximum Gasteiger partial charge on any atom is 0.220 e. The quantitative estimate of drug-likeness (QED) is 0.659. The average Bonchev–Trinajstić information content (AvgIpc) is 2.16. The van der Waals surface area contributed by atoms with E-state index in [2.05, 4.69) is 33.0 Å². The summed E-state index contributed by atoms with van der Waals surface area (Å²) >= 11 is 0. The van der Waals surface area contributed by atoms with Gasteiger partial charge < -0.3 is 10.4 Å². The smallest absolute Gasteiger partial charge is 0.220 e. The Kier molecular flexibility index (Phi) is 7.39. The molecular weight excluding hydrogens is 202 g/mol. The van der Waals surface area contributed by atoms with Gasteiger partial charge in [0.2, 0.25) is 5.91 Å². The van der Waals surface area contributed by atoms with Crippen LogP contribution in [0.4, 0.5) is 0 Å². The third-order valence-electron chi connectivity index (χ3n) is 2.81. The molecule has 0 fully saturated rings. The molecule has 0 aliphatic rings. The number of hydrogen-bond donors (Lipinski definition) is 2. The van der Waals surface area contributed by atoms with Crippen LogP contribution in [0.5, 0.6) is 0 Å². The highest BCUT2D eigenvalue weighted by Crippen LogP contribution is 2.21. The van der Waals surface area contributed by atoms with E-state index in [1.165, 1.54) is 0 Å². The highest BCUT2D eigenvalue weighted by Gasteiger charge is 2.25. The summed E-state index contributed by atoms with van der Waals surface area (Å²) < 4.78 is 0. The van der Waals surface area contributed by atoms with Crippen LogP contribution in [0, 0.1) is 5.41 Å². The zero-order valence-electron chi connectivity index (χ0n) is 11.2. The molecule has 0 spiro atoms. The van der Waals surface area contributed by atoms with Crippen LogP contribution in [-0.4, -0.2) is 23.7 Å². The fraction of sp³-hybridized carbons (Fsp3) is 0.923. The zero-order valence-corrected chi connectivity index (χ0v) is 11.2. The van der Waals surface area contributed by atoms with E-state index in [0.29, 0.717) is 12.8 Å². The first-order valence-corrected chi connectivity index (χ1v) is 6.32. The van der Waals surface area contributed by atoms with E-state index in [-0.39, 0.29) is 24.0 Å². The monoisotopic (exact) mass is 229 g/mol. The van der Waals surface area contributed by atoms with Crippen molar-refractivity contribution < 1.29 is 9.90 Å². The Morgan fingerprint density at radius 3 is 2.38 bits per heavy atom. The number of hydrogen-bond acceptors (Lipinski definition) is 2. The average molecular weight is 229 g/mol. The molecule has 0 aromatic rings. The lowest BCUT2D eigenvalue weighted by Gasteiger charge is -2.31. The van der Waals surface area contributed by atoms with Gasteiger partial charge in [-0.1, -0.05) is 40.5 Å². The summed E-state index contributed by atoms with van der Waals surface area (Å²) in [6, 6.07) is 0.0617. The first-order valence-electron chi connectivity index (χ1n) is 6.32. The summed E-state index contributed by atoms with van der Waals surface area (Å²) in [5.74, 6) is 0.113. The second kappa shape index (κ2) is 7.66. The summed E-state index contributed by atoms with van der Waals surface area (Å²) in [6.07, 6.45) is 4.42. The number of carbonyl (C=O) groups is 1. The number of amides is 1. The fourth-order valence-corrected chi connectivity index (χ4v) is 1.65. The lowest BCUT2D eigenvalue weighted by atomic mass is 9.85. The lowest BCUT2D eigenvalue weighted by molar-refractivity contribution is -0.122. The fourth-order valence-electron chi connectivity index (χ4n) is 1.65. The Morgan fingerprint density at radius 2 is 1.94 bits per heavy atom. The molecule has 0 aliphatic heterocycles. The van der Waals surface area contributed by atoms with Crippen molar-refractivity contribution in [3.8, 4) is 0 Å². The van der Waals surface area contributed by atoms with E-state index in [0.717, 1.165) is 19.3 Å². The molecule has 96 valence electrons. The van der Waals surface area contributed by atoms with Crippen molar-refractivity contribution >= 4 is 5.91 Å². The number of carbonyl (C=O) groups excluding carboxylic acids is 1. The number of nitrogens with one attached hydrogen (secondary N) is 1. The topological polar surface area (TPSA) is 49.3 Å². The molecule has 0 radical (unpaired) electrons. The number of aliphatic hydroxyl groups is 1. The Labute approximate surface area is 99.6 Å². The van der Waals surface area contributed by atoms with E-state index in [9.17, 15) is 4.79 Å². The van der Waals surface area contributed by atoms with Gasteiger partial charge in [-0.05, 0) is 18.3 Å². The number of rotatable bonds is 7. The van der Waals surface area contributed by atoms with Crippen LogP contribution in [0.3, 0.4) is 0 Å². The minimum absolute atomic E-state index is 0.00312. The molecule has 0 aliphatic carbocycles. The van der Waals surface area contributed by atoms with Gasteiger partial charge in [-0.2, -0.15) is 0 Å². The van der Waals surface area contributed by atoms with Crippen LogP contribution in [0.1, 0.15) is 59.8 Å². The molecule has 2 N–H and O–H groups in total. The second-order valence-corrected chi connectivity index (χ2v) is 5.46. The third-order valence-corrected chi connectivity index (χ3v) is 2.81. The predicted molar refractivity (Wildman–Crippen MR) is 67.2 cm³/mol. The molecular formula is C13H27NO2. The van der Waals surface area contributed by atoms with Crippen molar-refractivity contribution in [1.82, 2.24) is 5.32 Å². The normalized spacial score (nSPS) is 13.6. The lowest BCUT2D eigenvalue weighted by Crippen LogP contribution is -2.44. The van der Waals surface area contributed by atoms with E-state index in [1.807, 2.05) is 0 Å². The van der Waals surface area contributed by atoms with Crippen LogP contribution in [0.2, 0.25) is 0 Å². The highest BCUT2D eigenvalue weighted by molar-refractivity contribution is 5.76. The van der Waals surface area contributed by atoms with Crippen molar-refractivity contribution in [1.29, 1.82) is 0 Å². The van der Waals surface area contributed by atoms with Gasteiger partial charge in [-0.25, -0.2) is 0 Å². The zero-order chi connectivity index (χ0) is 12.6. The number of aliphatic hydroxyl groups excluding tert-OH is 1. The van der Waals surface area contributed by atoms with E-state index >= 15 is 0 Å². The summed E-state index contributed by atoms with van der Waals surface area (Å²) in [5, 5.41) is 12.0. The molecule has 0 saturated carbocycles. The van der Waals surface area contributed by atoms with Gasteiger partial charge in [-0.15, -0.1) is 0 Å². The third kappa shape index (κ3) is 6.83. The van der Waals surface area contributed by atoms with Gasteiger partial charge in [0.05, 0.1) is 0 Å². The maximum absolute atomic E-state index is 11.7. The van der Waals surface area contributed by atoms with Gasteiger partial charge in [0.1, 0.15) is 0 Å². The molecule has 0 bridgehead atoms. The molecule has 3 nitrogen and oxygen atoms in total. The van der Waals surface area contributed by atoms with Crippen LogP contribution in [0.15, 0.2) is 0 Å². The van der Waals surface area contributed by atoms with Crippen LogP contribution in [-0.2, 0) is 4.79 Å². The minimum atomic E-state index is 0.00312. The first kappa shape index (κ1) is 15.4. The number of unbranched alkanes of at least 4 members (excludes halogenated alkanes) is 2. The highest BCUT2D eigenvalue weighted by atomic mass is 16.3. The van der Waals surface area contributed by atoms with Gasteiger partial charge in [-0.3, -0.25) is 4.79 Å². The molecule has 0 aromatic carbocycles. The molecule has 1 atom stereocenters. The Balaban J connectivity index is 4.04. The molecule has 0 heterocycles. The van der Waals surface area contributed by atoms with Gasteiger partial charge in [0.25, 0.3) is 0 Å². The molecule has 0 aromatic heterocycles. The van der Waals surface area contributed by atoms with Gasteiger partial charge in [0, 0.05) is 19.1 Å². The Bertz CT molecular complexity index is 197. The van der Waals surface area contributed by atoms with Crippen molar-refractivity contribution in [2.45, 2.75) is 65.8 Å². The van der Waals surface area contributed by atoms with E-state index < -0.39 is 0 Å². The summed E-state index contributed by atoms with van der Waals surface area (Å²) in [6.45, 7) is 8.50. The summed E-state index contributed by atoms with van der Waals surface area (Å²) in [4.78, 5) is 11.7. The van der Waals surface area contributed by atoms with E-state index in [1.54, 1.807) is 0 Å². The van der Waals surface area contributed by atoms with Gasteiger partial charge in [0.15, 0.2) is 0 Å². The molecule has 0 rings (SSSR count). The molecule has 3 heteroatoms. The molecule has 0 saturated heterocycles. The van der Waals surface area contributed by atoms with Crippen molar-refractivity contribution in [2.24, 2.45) is 5.41 Å². The Morgan fingerprint density at radius 1 is 1.31 bits per heavy atom. The molecule has 1 unspecified atom stereocenters. The van der Waals surface area contributed by atoms with Crippen LogP contribution >= 0.6 is 0 Å². The van der Waals surface area contributed by atoms with Gasteiger partial charge >= 0.3 is 0 Å². The molecule has 1 amide bonds. The summed E-state index contributed by atoms with van der Waals surface area (Å²) in [5.41, 5.74) is 0.00312. The van der Waals surface area contributed by atoms with Crippen molar-refractivity contribution in [3.05, 3.63) is 0 Å². The summed E-state index contributed by atoms with van der Waals surface area (Å²) in [7, 11) is 0. The predicted octanol–water partition coefficient (Wildman–Crippen LogP) is 2.48. The second-order valence-electron chi connectivity index (χ2n) is 5.46. The standard InChI is InChI=1S/C13H27NO2/c1-5-6-7-8-12(16)14-11(9-10-15)13(2,3)4/h11,15H,5-10H2,1-4H3,(H,14,16). The van der Waals surface area contributed by atoms with Crippen LogP contribution < -0.4 is 5.32 Å². The SMILES string of the molecule is CCCCCC(=O)NC(CCO)C(C)(C)C. The minimum Gasteiger partial charge on any atom is -0.396 e. The van der Waals surface area contributed by atoms with E-state index in [4.69, 9.17) is 5.11 Å². The Hall–Kier alpha value is -0.570.